The van der Waals surface area contributed by atoms with Crippen LogP contribution in [-0.2, 0) is 0 Å². The lowest BCUT2D eigenvalue weighted by Gasteiger charge is -2.37. The number of rotatable bonds is 4. The van der Waals surface area contributed by atoms with E-state index in [1.165, 1.54) is 0 Å². The van der Waals surface area contributed by atoms with Crippen LogP contribution in [0.3, 0.4) is 0 Å². The molecule has 1 aromatic heterocycles. The lowest BCUT2D eigenvalue weighted by Crippen LogP contribution is -2.50. The Morgan fingerprint density at radius 1 is 1.31 bits per heavy atom. The maximum Gasteiger partial charge on any atom is 0.265 e. The van der Waals surface area contributed by atoms with E-state index in [1.807, 2.05) is 51.3 Å². The van der Waals surface area contributed by atoms with Crippen LogP contribution in [0.2, 0.25) is 0 Å². The largest absolute Gasteiger partial charge is 0.387 e. The second kappa shape index (κ2) is 7.51. The second-order valence-corrected chi connectivity index (χ2v) is 8.51. The zero-order valence-electron chi connectivity index (χ0n) is 16.8. The van der Waals surface area contributed by atoms with E-state index in [0.29, 0.717) is 18.8 Å². The number of halogens is 2. The number of hydrogen-bond donors (Lipinski definition) is 2. The summed E-state index contributed by atoms with van der Waals surface area (Å²) in [5.74, 6) is -3.03. The van der Waals surface area contributed by atoms with Crippen LogP contribution in [0, 0.1) is 30.6 Å². The number of nitrogens with zero attached hydrogens (tertiary/aromatic N) is 2. The molecule has 1 fully saturated rings. The van der Waals surface area contributed by atoms with Gasteiger partial charge in [-0.1, -0.05) is 20.8 Å². The number of nitrogens with one attached hydrogen (secondary N) is 2. The predicted octanol–water partition coefficient (Wildman–Crippen LogP) is 4.04. The van der Waals surface area contributed by atoms with E-state index >= 15 is 0 Å². The highest BCUT2D eigenvalue weighted by Crippen LogP contribution is 2.33. The van der Waals surface area contributed by atoms with Gasteiger partial charge in [0.2, 0.25) is 0 Å². The fourth-order valence-electron chi connectivity index (χ4n) is 3.42. The van der Waals surface area contributed by atoms with E-state index in [9.17, 15) is 8.78 Å². The molecule has 6 heteroatoms. The van der Waals surface area contributed by atoms with E-state index in [0.717, 1.165) is 17.1 Å². The van der Waals surface area contributed by atoms with Gasteiger partial charge in [0.1, 0.15) is 5.84 Å². The van der Waals surface area contributed by atoms with Crippen molar-refractivity contribution in [2.24, 2.45) is 11.3 Å². The molecule has 0 spiro atoms. The van der Waals surface area contributed by atoms with Crippen LogP contribution in [0.1, 0.15) is 38.6 Å². The van der Waals surface area contributed by atoms with E-state index in [2.05, 4.69) is 5.32 Å². The van der Waals surface area contributed by atoms with Crippen LogP contribution in [-0.4, -0.2) is 47.9 Å². The van der Waals surface area contributed by atoms with Gasteiger partial charge in [0, 0.05) is 41.0 Å². The lowest BCUT2D eigenvalue weighted by molar-refractivity contribution is -0.103. The molecule has 1 saturated heterocycles. The molecule has 0 aliphatic carbocycles. The smallest absolute Gasteiger partial charge is 0.265 e. The van der Waals surface area contributed by atoms with Crippen LogP contribution in [0.4, 0.5) is 8.78 Å². The molecule has 0 radical (unpaired) electrons. The highest BCUT2D eigenvalue weighted by atomic mass is 19.3. The Labute approximate surface area is 155 Å². The van der Waals surface area contributed by atoms with Crippen molar-refractivity contribution in [3.8, 4) is 0 Å². The summed E-state index contributed by atoms with van der Waals surface area (Å²) in [6.45, 7) is 10.7. The van der Waals surface area contributed by atoms with Gasteiger partial charge in [-0.25, -0.2) is 8.78 Å². The van der Waals surface area contributed by atoms with Crippen molar-refractivity contribution in [1.29, 1.82) is 5.41 Å². The van der Waals surface area contributed by atoms with Gasteiger partial charge in [-0.3, -0.25) is 5.41 Å². The maximum atomic E-state index is 14.3. The molecule has 2 N–H and O–H groups in total. The summed E-state index contributed by atoms with van der Waals surface area (Å²) in [6, 6.07) is 3.95. The molecule has 0 bridgehead atoms. The standard InChI is InChI=1S/C20H32F2N4/c1-14-7-8-15(2)26(14)18(23)11-17(19(3,4)5)24-12-16-9-10-25(6)13-20(16,21)22/h7-8,11,16,23-24H,9-10,12-13H2,1-6H3/b17-11-,23-18?. The number of piperidine rings is 1. The molecule has 1 atom stereocenters. The van der Waals surface area contributed by atoms with E-state index in [-0.39, 0.29) is 18.5 Å². The third kappa shape index (κ3) is 4.72. The zero-order valence-corrected chi connectivity index (χ0v) is 16.8. The molecular weight excluding hydrogens is 334 g/mol. The van der Waals surface area contributed by atoms with E-state index < -0.39 is 11.8 Å². The molecule has 26 heavy (non-hydrogen) atoms. The highest BCUT2D eigenvalue weighted by Gasteiger charge is 2.43. The van der Waals surface area contributed by atoms with Gasteiger partial charge in [-0.05, 0) is 46.0 Å². The summed E-state index contributed by atoms with van der Waals surface area (Å²) in [5, 5.41) is 11.7. The summed E-state index contributed by atoms with van der Waals surface area (Å²) < 4.78 is 30.5. The first-order chi connectivity index (χ1) is 11.9. The summed E-state index contributed by atoms with van der Waals surface area (Å²) in [5.41, 5.74) is 2.52. The topological polar surface area (TPSA) is 44.1 Å². The Balaban J connectivity index is 2.17. The van der Waals surface area contributed by atoms with Crippen LogP contribution in [0.15, 0.2) is 23.9 Å². The van der Waals surface area contributed by atoms with Crippen molar-refractivity contribution in [2.75, 3.05) is 26.7 Å². The predicted molar refractivity (Wildman–Crippen MR) is 103 cm³/mol. The minimum absolute atomic E-state index is 0.189. The Morgan fingerprint density at radius 3 is 2.38 bits per heavy atom. The van der Waals surface area contributed by atoms with E-state index in [1.54, 1.807) is 18.0 Å². The van der Waals surface area contributed by atoms with Crippen molar-refractivity contribution in [2.45, 2.75) is 47.0 Å². The molecule has 0 aromatic carbocycles. The Hall–Kier alpha value is -1.69. The zero-order chi connectivity index (χ0) is 19.7. The van der Waals surface area contributed by atoms with Gasteiger partial charge in [0.05, 0.1) is 6.54 Å². The third-order valence-corrected chi connectivity index (χ3v) is 5.08. The number of alkyl halides is 2. The Bertz CT molecular complexity index is 663. The monoisotopic (exact) mass is 366 g/mol. The summed E-state index contributed by atoms with van der Waals surface area (Å²) in [4.78, 5) is 1.68. The normalized spacial score (nSPS) is 21.7. The minimum atomic E-state index is -2.69. The fraction of sp³-hybridized carbons (Fsp3) is 0.650. The van der Waals surface area contributed by atoms with Crippen LogP contribution in [0.5, 0.6) is 0 Å². The molecule has 1 unspecified atom stereocenters. The van der Waals surface area contributed by atoms with Crippen LogP contribution < -0.4 is 5.32 Å². The van der Waals surface area contributed by atoms with Crippen LogP contribution in [0.25, 0.3) is 0 Å². The number of aromatic nitrogens is 1. The Kier molecular flexibility index (Phi) is 5.95. The number of hydrogen-bond acceptors (Lipinski definition) is 3. The average molecular weight is 367 g/mol. The fourth-order valence-corrected chi connectivity index (χ4v) is 3.42. The lowest BCUT2D eigenvalue weighted by atomic mass is 9.89. The molecule has 0 amide bonds. The summed E-state index contributed by atoms with van der Waals surface area (Å²) >= 11 is 0. The first-order valence-electron chi connectivity index (χ1n) is 9.18. The molecule has 2 rings (SSSR count). The summed E-state index contributed by atoms with van der Waals surface area (Å²) in [6.07, 6.45) is 2.24. The molecule has 2 heterocycles. The van der Waals surface area contributed by atoms with Gasteiger partial charge >= 0.3 is 0 Å². The maximum absolute atomic E-state index is 14.3. The molecule has 1 aromatic rings. The van der Waals surface area contributed by atoms with Gasteiger partial charge in [0.15, 0.2) is 0 Å². The Morgan fingerprint density at radius 2 is 1.88 bits per heavy atom. The van der Waals surface area contributed by atoms with Gasteiger partial charge < -0.3 is 14.8 Å². The molecule has 4 nitrogen and oxygen atoms in total. The van der Waals surface area contributed by atoms with Crippen molar-refractivity contribution >= 4 is 5.84 Å². The number of allylic oxidation sites excluding steroid dienone is 2. The summed E-state index contributed by atoms with van der Waals surface area (Å²) in [7, 11) is 1.74. The van der Waals surface area contributed by atoms with E-state index in [4.69, 9.17) is 5.41 Å². The van der Waals surface area contributed by atoms with Crippen LogP contribution >= 0.6 is 0 Å². The minimum Gasteiger partial charge on any atom is -0.387 e. The molecule has 146 valence electrons. The van der Waals surface area contributed by atoms with Crippen molar-refractivity contribution in [3.05, 3.63) is 35.3 Å². The van der Waals surface area contributed by atoms with Gasteiger partial charge in [0.25, 0.3) is 5.92 Å². The van der Waals surface area contributed by atoms with Crippen molar-refractivity contribution < 1.29 is 8.78 Å². The highest BCUT2D eigenvalue weighted by molar-refractivity contribution is 5.94. The van der Waals surface area contributed by atoms with Gasteiger partial charge in [-0.2, -0.15) is 0 Å². The second-order valence-electron chi connectivity index (χ2n) is 8.51. The van der Waals surface area contributed by atoms with Crippen molar-refractivity contribution in [3.63, 3.8) is 0 Å². The SMILES string of the molecule is Cc1ccc(C)n1C(=N)/C=C(\NCC1CCN(C)CC1(F)F)C(C)(C)C. The number of likely N-dealkylation sites (tertiary alicyclic amines) is 1. The quantitative estimate of drug-likeness (QED) is 0.624. The molecular formula is C20H32F2N4. The van der Waals surface area contributed by atoms with Gasteiger partial charge in [-0.15, -0.1) is 0 Å². The third-order valence-electron chi connectivity index (χ3n) is 5.08. The average Bonchev–Trinajstić information content (AvgIpc) is 2.82. The molecule has 0 saturated carbocycles. The number of aryl methyl sites for hydroxylation is 2. The first-order valence-corrected chi connectivity index (χ1v) is 9.18. The molecule has 1 aliphatic heterocycles. The first kappa shape index (κ1) is 20.6. The van der Waals surface area contributed by atoms with Crippen molar-refractivity contribution in [1.82, 2.24) is 14.8 Å². The molecule has 1 aliphatic rings.